The lowest BCUT2D eigenvalue weighted by Gasteiger charge is -2.32. The lowest BCUT2D eigenvalue weighted by atomic mass is 9.89. The molecule has 19 heavy (non-hydrogen) atoms. The van der Waals surface area contributed by atoms with Crippen LogP contribution in [0.2, 0.25) is 5.02 Å². The van der Waals surface area contributed by atoms with Crippen molar-refractivity contribution in [3.63, 3.8) is 0 Å². The molecule has 0 aromatic carbocycles. The van der Waals surface area contributed by atoms with Crippen molar-refractivity contribution in [3.05, 3.63) is 29.0 Å². The molecule has 0 amide bonds. The van der Waals surface area contributed by atoms with Crippen LogP contribution in [0.1, 0.15) is 33.4 Å². The Hall–Kier alpha value is -1.04. The zero-order chi connectivity index (χ0) is 14.3. The van der Waals surface area contributed by atoms with Crippen LogP contribution in [0.5, 0.6) is 0 Å². The molecule has 2 rings (SSSR count). The number of hydrogen-bond acceptors (Lipinski definition) is 4. The highest BCUT2D eigenvalue weighted by atomic mass is 35.5. The first kappa shape index (κ1) is 14.4. The van der Waals surface area contributed by atoms with Crippen LogP contribution in [0.25, 0.3) is 6.08 Å². The van der Waals surface area contributed by atoms with Crippen LogP contribution in [-0.4, -0.2) is 23.3 Å². The largest absolute Gasteiger partial charge is 0.487 e. The van der Waals surface area contributed by atoms with Crippen molar-refractivity contribution in [1.82, 2.24) is 4.98 Å². The molecule has 0 bridgehead atoms. The van der Waals surface area contributed by atoms with Gasteiger partial charge in [-0.15, -0.1) is 0 Å². The summed E-state index contributed by atoms with van der Waals surface area (Å²) in [4.78, 5) is 4.16. The summed E-state index contributed by atoms with van der Waals surface area (Å²) in [6, 6.07) is 1.67. The van der Waals surface area contributed by atoms with Gasteiger partial charge in [-0.3, -0.25) is 4.98 Å². The lowest BCUT2D eigenvalue weighted by Crippen LogP contribution is -2.41. The summed E-state index contributed by atoms with van der Waals surface area (Å²) in [6.45, 7) is 8.04. The first-order valence-corrected chi connectivity index (χ1v) is 6.54. The Kier molecular flexibility index (Phi) is 3.64. The number of nitrogens with zero attached hydrogens (tertiary/aromatic N) is 1. The number of nitrogen functional groups attached to an aromatic ring is 1. The second-order valence-electron chi connectivity index (χ2n) is 5.62. The van der Waals surface area contributed by atoms with Crippen molar-refractivity contribution >= 4 is 30.5 Å². The Morgan fingerprint density at radius 2 is 1.84 bits per heavy atom. The van der Waals surface area contributed by atoms with E-state index >= 15 is 0 Å². The van der Waals surface area contributed by atoms with Gasteiger partial charge >= 0.3 is 7.12 Å². The first-order chi connectivity index (χ1) is 8.71. The molecule has 2 heterocycles. The number of nitrogens with two attached hydrogens (primary N) is 1. The van der Waals surface area contributed by atoms with Gasteiger partial charge in [-0.25, -0.2) is 0 Å². The first-order valence-electron chi connectivity index (χ1n) is 6.16. The molecular formula is C13H18BClN2O2. The number of rotatable bonds is 2. The van der Waals surface area contributed by atoms with Gasteiger partial charge < -0.3 is 15.0 Å². The van der Waals surface area contributed by atoms with E-state index in [4.69, 9.17) is 26.6 Å². The van der Waals surface area contributed by atoms with E-state index in [1.165, 1.54) is 0 Å². The normalized spacial score (nSPS) is 21.2. The molecule has 1 aliphatic heterocycles. The smallest absolute Gasteiger partial charge is 0.400 e. The maximum atomic E-state index is 6.05. The molecule has 1 aliphatic rings. The number of pyridine rings is 1. The lowest BCUT2D eigenvalue weighted by molar-refractivity contribution is 0.00578. The molecule has 0 spiro atoms. The van der Waals surface area contributed by atoms with Crippen molar-refractivity contribution in [3.8, 4) is 0 Å². The van der Waals surface area contributed by atoms with Gasteiger partial charge in [0.25, 0.3) is 0 Å². The summed E-state index contributed by atoms with van der Waals surface area (Å²) in [6.07, 6.45) is 3.35. The average molecular weight is 281 g/mol. The Bertz CT molecular complexity index is 501. The Balaban J connectivity index is 2.13. The van der Waals surface area contributed by atoms with Gasteiger partial charge in [0.2, 0.25) is 0 Å². The molecule has 1 aromatic rings. The summed E-state index contributed by atoms with van der Waals surface area (Å²) in [5, 5.41) is 0.507. The van der Waals surface area contributed by atoms with Crippen molar-refractivity contribution in [2.75, 3.05) is 5.73 Å². The summed E-state index contributed by atoms with van der Waals surface area (Å²) >= 11 is 6.05. The quantitative estimate of drug-likeness (QED) is 0.846. The molecule has 0 aliphatic carbocycles. The molecule has 1 aromatic heterocycles. The summed E-state index contributed by atoms with van der Waals surface area (Å²) in [5.74, 6) is 1.81. The van der Waals surface area contributed by atoms with E-state index in [9.17, 15) is 0 Å². The topological polar surface area (TPSA) is 57.4 Å². The zero-order valence-corrected chi connectivity index (χ0v) is 12.4. The van der Waals surface area contributed by atoms with Crippen LogP contribution >= 0.6 is 11.6 Å². The van der Waals surface area contributed by atoms with E-state index in [0.717, 1.165) is 0 Å². The van der Waals surface area contributed by atoms with Crippen molar-refractivity contribution in [2.45, 2.75) is 38.9 Å². The minimum atomic E-state index is -0.402. The highest BCUT2D eigenvalue weighted by Gasteiger charge is 2.50. The van der Waals surface area contributed by atoms with Crippen LogP contribution in [0.3, 0.4) is 0 Å². The Labute approximate surface area is 119 Å². The molecular weight excluding hydrogens is 262 g/mol. The van der Waals surface area contributed by atoms with Gasteiger partial charge in [0.05, 0.1) is 33.8 Å². The molecule has 1 fully saturated rings. The van der Waals surface area contributed by atoms with Crippen LogP contribution in [0.15, 0.2) is 18.2 Å². The summed E-state index contributed by atoms with van der Waals surface area (Å²) in [7, 11) is -0.402. The molecule has 2 N–H and O–H groups in total. The number of halogens is 1. The average Bonchev–Trinajstić information content (AvgIpc) is 2.46. The number of anilines is 1. The van der Waals surface area contributed by atoms with Gasteiger partial charge in [0, 0.05) is 0 Å². The molecule has 0 radical (unpaired) electrons. The van der Waals surface area contributed by atoms with Gasteiger partial charge in [0.15, 0.2) is 0 Å². The monoisotopic (exact) mass is 280 g/mol. The fourth-order valence-corrected chi connectivity index (χ4v) is 1.96. The van der Waals surface area contributed by atoms with Crippen LogP contribution in [-0.2, 0) is 9.31 Å². The third-order valence-electron chi connectivity index (χ3n) is 3.57. The fraction of sp³-hybridized carbons (Fsp3) is 0.462. The van der Waals surface area contributed by atoms with E-state index in [2.05, 4.69) is 4.98 Å². The SMILES string of the molecule is CC1(C)OB(/C=C/c2ncc(N)cc2Cl)OC1(C)C. The van der Waals surface area contributed by atoms with Gasteiger partial charge in [0.1, 0.15) is 0 Å². The Morgan fingerprint density at radius 1 is 1.26 bits per heavy atom. The van der Waals surface area contributed by atoms with E-state index in [0.29, 0.717) is 16.4 Å². The van der Waals surface area contributed by atoms with Gasteiger partial charge in [-0.1, -0.05) is 17.6 Å². The van der Waals surface area contributed by atoms with Crippen molar-refractivity contribution < 1.29 is 9.31 Å². The standard InChI is InChI=1S/C13H18BClN2O2/c1-12(2)13(3,4)19-14(18-12)6-5-11-10(15)7-9(16)8-17-11/h5-8H,16H2,1-4H3/b6-5+. The number of hydrogen-bond donors (Lipinski definition) is 1. The third kappa shape index (κ3) is 2.94. The highest BCUT2D eigenvalue weighted by molar-refractivity contribution is 6.52. The van der Waals surface area contributed by atoms with Gasteiger partial charge in [-0.05, 0) is 39.8 Å². The molecule has 0 saturated carbocycles. The Morgan fingerprint density at radius 3 is 2.37 bits per heavy atom. The van der Waals surface area contributed by atoms with Crippen LogP contribution in [0.4, 0.5) is 5.69 Å². The third-order valence-corrected chi connectivity index (χ3v) is 3.88. The predicted octanol–water partition coefficient (Wildman–Crippen LogP) is 2.96. The second kappa shape index (κ2) is 4.82. The van der Waals surface area contributed by atoms with E-state index in [1.54, 1.807) is 24.3 Å². The molecule has 1 saturated heterocycles. The van der Waals surface area contributed by atoms with E-state index in [1.807, 2.05) is 27.7 Å². The summed E-state index contributed by atoms with van der Waals surface area (Å²) < 4.78 is 11.7. The minimum absolute atomic E-state index is 0.347. The van der Waals surface area contributed by atoms with Crippen molar-refractivity contribution in [2.24, 2.45) is 0 Å². The van der Waals surface area contributed by atoms with Gasteiger partial charge in [-0.2, -0.15) is 0 Å². The van der Waals surface area contributed by atoms with E-state index in [-0.39, 0.29) is 11.2 Å². The maximum Gasteiger partial charge on any atom is 0.487 e. The fourth-order valence-electron chi connectivity index (χ4n) is 1.72. The number of aromatic nitrogens is 1. The maximum absolute atomic E-state index is 6.05. The minimum Gasteiger partial charge on any atom is -0.400 e. The van der Waals surface area contributed by atoms with E-state index < -0.39 is 7.12 Å². The molecule has 0 unspecified atom stereocenters. The highest BCUT2D eigenvalue weighted by Crippen LogP contribution is 2.37. The zero-order valence-electron chi connectivity index (χ0n) is 11.6. The molecule has 102 valence electrons. The molecule has 0 atom stereocenters. The second-order valence-corrected chi connectivity index (χ2v) is 6.03. The summed E-state index contributed by atoms with van der Waals surface area (Å²) in [5.41, 5.74) is 6.09. The van der Waals surface area contributed by atoms with Crippen LogP contribution in [0, 0.1) is 0 Å². The molecule has 6 heteroatoms. The van der Waals surface area contributed by atoms with Crippen molar-refractivity contribution in [1.29, 1.82) is 0 Å². The molecule has 4 nitrogen and oxygen atoms in total. The van der Waals surface area contributed by atoms with Crippen LogP contribution < -0.4 is 5.73 Å². The predicted molar refractivity (Wildman–Crippen MR) is 78.8 cm³/mol.